The molecule has 0 saturated heterocycles. The summed E-state index contributed by atoms with van der Waals surface area (Å²) in [5, 5.41) is 8.10. The van der Waals surface area contributed by atoms with Crippen LogP contribution >= 0.6 is 11.3 Å². The third kappa shape index (κ3) is 5.69. The van der Waals surface area contributed by atoms with Crippen LogP contribution in [0.1, 0.15) is 30.3 Å². The molecule has 134 valence electrons. The van der Waals surface area contributed by atoms with Crippen LogP contribution in [0.3, 0.4) is 0 Å². The molecule has 0 aliphatic rings. The smallest absolute Gasteiger partial charge is 0.239 e. The zero-order valence-electron chi connectivity index (χ0n) is 14.7. The van der Waals surface area contributed by atoms with Gasteiger partial charge in [-0.1, -0.05) is 36.4 Å². The first-order valence-electron chi connectivity index (χ1n) is 8.51. The molecule has 0 fully saturated rings. The molecule has 2 N–H and O–H groups in total. The lowest BCUT2D eigenvalue weighted by atomic mass is 10.1. The number of carbonyl (C=O) groups is 2. The van der Waals surface area contributed by atoms with Gasteiger partial charge in [0.25, 0.3) is 0 Å². The van der Waals surface area contributed by atoms with Crippen LogP contribution in [-0.4, -0.2) is 42.9 Å². The van der Waals surface area contributed by atoms with Crippen molar-refractivity contribution >= 4 is 23.2 Å². The molecular formula is C19H25N3O2S. The normalized spacial score (nSPS) is 11.8. The maximum absolute atomic E-state index is 12.5. The van der Waals surface area contributed by atoms with Gasteiger partial charge in [0.1, 0.15) is 0 Å². The highest BCUT2D eigenvalue weighted by molar-refractivity contribution is 7.10. The highest BCUT2D eigenvalue weighted by atomic mass is 32.1. The molecule has 0 saturated carbocycles. The van der Waals surface area contributed by atoms with Gasteiger partial charge in [-0.3, -0.25) is 14.9 Å². The molecule has 2 amide bonds. The zero-order chi connectivity index (χ0) is 18.1. The quantitative estimate of drug-likeness (QED) is 0.723. The fraction of sp³-hybridized carbons (Fsp3) is 0.368. The van der Waals surface area contributed by atoms with Gasteiger partial charge in [-0.05, 0) is 30.9 Å². The van der Waals surface area contributed by atoms with E-state index in [1.807, 2.05) is 55.6 Å². The SMILES string of the molecule is CCNC(=O)CN(CC)C(=O)CN[C@H](c1ccccc1)c1cccs1. The molecular weight excluding hydrogens is 334 g/mol. The van der Waals surface area contributed by atoms with Crippen LogP contribution in [0.25, 0.3) is 0 Å². The van der Waals surface area contributed by atoms with E-state index >= 15 is 0 Å². The van der Waals surface area contributed by atoms with Gasteiger partial charge < -0.3 is 10.2 Å². The number of hydrogen-bond acceptors (Lipinski definition) is 4. The highest BCUT2D eigenvalue weighted by Crippen LogP contribution is 2.25. The lowest BCUT2D eigenvalue weighted by molar-refractivity contribution is -0.135. The van der Waals surface area contributed by atoms with Crippen molar-refractivity contribution in [3.63, 3.8) is 0 Å². The van der Waals surface area contributed by atoms with Gasteiger partial charge >= 0.3 is 0 Å². The molecule has 5 nitrogen and oxygen atoms in total. The van der Waals surface area contributed by atoms with Gasteiger partial charge in [-0.2, -0.15) is 0 Å². The Labute approximate surface area is 153 Å². The third-order valence-corrected chi connectivity index (χ3v) is 4.80. The molecule has 0 spiro atoms. The van der Waals surface area contributed by atoms with Gasteiger partial charge in [-0.15, -0.1) is 11.3 Å². The van der Waals surface area contributed by atoms with Crippen LogP contribution in [0.2, 0.25) is 0 Å². The van der Waals surface area contributed by atoms with Crippen molar-refractivity contribution in [1.82, 2.24) is 15.5 Å². The molecule has 0 aliphatic carbocycles. The zero-order valence-corrected chi connectivity index (χ0v) is 15.5. The van der Waals surface area contributed by atoms with Crippen LogP contribution < -0.4 is 10.6 Å². The van der Waals surface area contributed by atoms with Gasteiger partial charge in [0, 0.05) is 18.0 Å². The first-order chi connectivity index (χ1) is 12.2. The minimum Gasteiger partial charge on any atom is -0.355 e. The number of likely N-dealkylation sites (N-methyl/N-ethyl adjacent to an activating group) is 2. The molecule has 0 radical (unpaired) electrons. The summed E-state index contributed by atoms with van der Waals surface area (Å²) in [6, 6.07) is 14.1. The lowest BCUT2D eigenvalue weighted by Crippen LogP contribution is -2.44. The van der Waals surface area contributed by atoms with Gasteiger partial charge in [0.15, 0.2) is 0 Å². The van der Waals surface area contributed by atoms with E-state index in [0.29, 0.717) is 13.1 Å². The van der Waals surface area contributed by atoms with Gasteiger partial charge in [0.05, 0.1) is 19.1 Å². The minimum absolute atomic E-state index is 0.0340. The average Bonchev–Trinajstić information content (AvgIpc) is 3.15. The second-order valence-corrected chi connectivity index (χ2v) is 6.58. The summed E-state index contributed by atoms with van der Waals surface area (Å²) < 4.78 is 0. The molecule has 1 aromatic carbocycles. The van der Waals surface area contributed by atoms with Crippen LogP contribution in [0.5, 0.6) is 0 Å². The number of thiophene rings is 1. The minimum atomic E-state index is -0.129. The second kappa shape index (κ2) is 9.96. The molecule has 2 aromatic rings. The Morgan fingerprint density at radius 2 is 1.88 bits per heavy atom. The Bertz CT molecular complexity index is 659. The maximum atomic E-state index is 12.5. The average molecular weight is 359 g/mol. The molecule has 6 heteroatoms. The fourth-order valence-corrected chi connectivity index (χ4v) is 3.41. The molecule has 1 aromatic heterocycles. The highest BCUT2D eigenvalue weighted by Gasteiger charge is 2.19. The van der Waals surface area contributed by atoms with Crippen molar-refractivity contribution in [2.45, 2.75) is 19.9 Å². The summed E-state index contributed by atoms with van der Waals surface area (Å²) in [7, 11) is 0. The van der Waals surface area contributed by atoms with Crippen molar-refractivity contribution in [3.8, 4) is 0 Å². The standard InChI is InChI=1S/C19H25N3O2S/c1-3-20-17(23)14-22(4-2)18(24)13-21-19(16-11-8-12-25-16)15-9-6-5-7-10-15/h5-12,19,21H,3-4,13-14H2,1-2H3,(H,20,23)/t19-/m1/s1. The molecule has 1 heterocycles. The van der Waals surface area contributed by atoms with Crippen molar-refractivity contribution in [2.24, 2.45) is 0 Å². The number of nitrogens with zero attached hydrogens (tertiary/aromatic N) is 1. The van der Waals surface area contributed by atoms with Crippen LogP contribution in [0.15, 0.2) is 47.8 Å². The molecule has 0 aliphatic heterocycles. The number of hydrogen-bond donors (Lipinski definition) is 2. The van der Waals surface area contributed by atoms with Crippen molar-refractivity contribution in [1.29, 1.82) is 0 Å². The molecule has 1 atom stereocenters. The summed E-state index contributed by atoms with van der Waals surface area (Å²) in [5.41, 5.74) is 1.12. The molecule has 25 heavy (non-hydrogen) atoms. The summed E-state index contributed by atoms with van der Waals surface area (Å²) in [4.78, 5) is 27.0. The Hall–Kier alpha value is -2.18. The Morgan fingerprint density at radius 1 is 1.12 bits per heavy atom. The maximum Gasteiger partial charge on any atom is 0.239 e. The van der Waals surface area contributed by atoms with Gasteiger partial charge in [0.2, 0.25) is 11.8 Å². The van der Waals surface area contributed by atoms with Crippen molar-refractivity contribution < 1.29 is 9.59 Å². The number of amides is 2. The predicted molar refractivity (Wildman–Crippen MR) is 102 cm³/mol. The molecule has 0 unspecified atom stereocenters. The topological polar surface area (TPSA) is 61.4 Å². The van der Waals surface area contributed by atoms with Gasteiger partial charge in [-0.25, -0.2) is 0 Å². The summed E-state index contributed by atoms with van der Waals surface area (Å²) >= 11 is 1.66. The van der Waals surface area contributed by atoms with Crippen LogP contribution in [0, 0.1) is 0 Å². The Balaban J connectivity index is 2.02. The Kier molecular flexibility index (Phi) is 7.63. The summed E-state index contributed by atoms with van der Waals surface area (Å²) in [5.74, 6) is -0.207. The van der Waals surface area contributed by atoms with Crippen LogP contribution in [0.4, 0.5) is 0 Å². The predicted octanol–water partition coefficient (Wildman–Crippen LogP) is 2.41. The van der Waals surface area contributed by atoms with Crippen LogP contribution in [-0.2, 0) is 9.59 Å². The number of rotatable bonds is 9. The lowest BCUT2D eigenvalue weighted by Gasteiger charge is -2.23. The van der Waals surface area contributed by atoms with E-state index < -0.39 is 0 Å². The molecule has 0 bridgehead atoms. The van der Waals surface area contributed by atoms with E-state index in [2.05, 4.69) is 16.7 Å². The second-order valence-electron chi connectivity index (χ2n) is 5.60. The van der Waals surface area contributed by atoms with E-state index in [1.54, 1.807) is 16.2 Å². The monoisotopic (exact) mass is 359 g/mol. The van der Waals surface area contributed by atoms with Crippen molar-refractivity contribution in [3.05, 3.63) is 58.3 Å². The molecule has 2 rings (SSSR count). The van der Waals surface area contributed by atoms with Crippen molar-refractivity contribution in [2.75, 3.05) is 26.2 Å². The number of benzene rings is 1. The van der Waals surface area contributed by atoms with E-state index in [-0.39, 0.29) is 30.9 Å². The first-order valence-corrected chi connectivity index (χ1v) is 9.39. The largest absolute Gasteiger partial charge is 0.355 e. The van der Waals surface area contributed by atoms with E-state index in [1.165, 1.54) is 0 Å². The van der Waals surface area contributed by atoms with E-state index in [9.17, 15) is 9.59 Å². The number of nitrogens with one attached hydrogen (secondary N) is 2. The van der Waals surface area contributed by atoms with E-state index in [4.69, 9.17) is 0 Å². The first kappa shape index (κ1) is 19.1. The van der Waals surface area contributed by atoms with E-state index in [0.717, 1.165) is 10.4 Å². The summed E-state index contributed by atoms with van der Waals surface area (Å²) in [6.45, 7) is 5.10. The third-order valence-electron chi connectivity index (χ3n) is 3.86. The number of carbonyl (C=O) groups excluding carboxylic acids is 2. The fourth-order valence-electron chi connectivity index (χ4n) is 2.59. The Morgan fingerprint density at radius 3 is 2.48 bits per heavy atom. The summed E-state index contributed by atoms with van der Waals surface area (Å²) in [6.07, 6.45) is 0.